The lowest BCUT2D eigenvalue weighted by molar-refractivity contribution is -0.120. The van der Waals surface area contributed by atoms with Gasteiger partial charge in [0.1, 0.15) is 18.0 Å². The third kappa shape index (κ3) is 3.71. The summed E-state index contributed by atoms with van der Waals surface area (Å²) >= 11 is 1.48. The Morgan fingerprint density at radius 2 is 2.00 bits per heavy atom. The summed E-state index contributed by atoms with van der Waals surface area (Å²) in [5, 5.41) is 2.79. The number of hydrogen-bond acceptors (Lipinski definition) is 5. The molecule has 2 aromatic rings. The molecule has 1 aliphatic rings. The van der Waals surface area contributed by atoms with Crippen molar-refractivity contribution in [1.82, 2.24) is 0 Å². The van der Waals surface area contributed by atoms with E-state index in [9.17, 15) is 9.59 Å². The molecule has 1 N–H and O–H groups in total. The zero-order chi connectivity index (χ0) is 17.8. The van der Waals surface area contributed by atoms with Crippen LogP contribution in [0.4, 0.5) is 11.4 Å². The van der Waals surface area contributed by atoms with E-state index in [1.807, 2.05) is 24.3 Å². The van der Waals surface area contributed by atoms with Crippen molar-refractivity contribution in [3.63, 3.8) is 0 Å². The molecule has 25 heavy (non-hydrogen) atoms. The fraction of sp³-hybridized carbons (Fsp3) is 0.222. The monoisotopic (exact) mass is 358 g/mol. The summed E-state index contributed by atoms with van der Waals surface area (Å²) in [5.41, 5.74) is 1.26. The number of benzene rings is 2. The number of nitrogens with one attached hydrogen (secondary N) is 1. The summed E-state index contributed by atoms with van der Waals surface area (Å²) in [6.07, 6.45) is 0. The van der Waals surface area contributed by atoms with Gasteiger partial charge in [0.05, 0.1) is 31.3 Å². The van der Waals surface area contributed by atoms with Crippen LogP contribution in [-0.4, -0.2) is 38.3 Å². The molecule has 1 aliphatic heterocycles. The average Bonchev–Trinajstić information content (AvgIpc) is 2.64. The molecule has 0 spiro atoms. The van der Waals surface area contributed by atoms with Crippen LogP contribution >= 0.6 is 11.8 Å². The summed E-state index contributed by atoms with van der Waals surface area (Å²) in [6, 6.07) is 12.7. The van der Waals surface area contributed by atoms with Gasteiger partial charge in [-0.3, -0.25) is 9.59 Å². The molecule has 2 aromatic carbocycles. The van der Waals surface area contributed by atoms with Gasteiger partial charge < -0.3 is 19.7 Å². The van der Waals surface area contributed by atoms with E-state index in [-0.39, 0.29) is 18.4 Å². The van der Waals surface area contributed by atoms with Crippen LogP contribution in [0.3, 0.4) is 0 Å². The summed E-state index contributed by atoms with van der Waals surface area (Å²) in [5.74, 6) is 1.06. The molecule has 3 rings (SSSR count). The second-order valence-electron chi connectivity index (χ2n) is 5.35. The molecule has 2 amide bonds. The SMILES string of the molecule is COc1ccc(OC)c(NC(=O)CN2C(=O)CSc3ccccc32)c1. The minimum Gasteiger partial charge on any atom is -0.497 e. The maximum absolute atomic E-state index is 12.5. The Morgan fingerprint density at radius 3 is 2.76 bits per heavy atom. The number of para-hydroxylation sites is 1. The van der Waals surface area contributed by atoms with E-state index < -0.39 is 0 Å². The molecule has 0 atom stereocenters. The molecule has 0 fully saturated rings. The smallest absolute Gasteiger partial charge is 0.244 e. The van der Waals surface area contributed by atoms with Crippen LogP contribution in [-0.2, 0) is 9.59 Å². The van der Waals surface area contributed by atoms with Gasteiger partial charge in [-0.2, -0.15) is 0 Å². The zero-order valence-electron chi connectivity index (χ0n) is 13.9. The Morgan fingerprint density at radius 1 is 1.20 bits per heavy atom. The highest BCUT2D eigenvalue weighted by molar-refractivity contribution is 8.00. The third-order valence-corrected chi connectivity index (χ3v) is 4.84. The molecule has 6 nitrogen and oxygen atoms in total. The Balaban J connectivity index is 1.78. The average molecular weight is 358 g/mol. The van der Waals surface area contributed by atoms with E-state index in [0.717, 1.165) is 10.6 Å². The number of thioether (sulfide) groups is 1. The van der Waals surface area contributed by atoms with Crippen molar-refractivity contribution in [2.45, 2.75) is 4.90 Å². The minimum atomic E-state index is -0.304. The van der Waals surface area contributed by atoms with Crippen LogP contribution in [0, 0.1) is 0 Å². The molecular weight excluding hydrogens is 340 g/mol. The van der Waals surface area contributed by atoms with Crippen molar-refractivity contribution in [1.29, 1.82) is 0 Å². The molecule has 0 radical (unpaired) electrons. The topological polar surface area (TPSA) is 67.9 Å². The third-order valence-electron chi connectivity index (χ3n) is 3.79. The molecule has 7 heteroatoms. The molecule has 130 valence electrons. The predicted molar refractivity (Wildman–Crippen MR) is 97.7 cm³/mol. The molecule has 0 unspecified atom stereocenters. The summed E-state index contributed by atoms with van der Waals surface area (Å²) in [7, 11) is 3.08. The predicted octanol–water partition coefficient (Wildman–Crippen LogP) is 2.78. The second-order valence-corrected chi connectivity index (χ2v) is 6.37. The number of nitrogens with zero attached hydrogens (tertiary/aromatic N) is 1. The number of rotatable bonds is 5. The van der Waals surface area contributed by atoms with Gasteiger partial charge in [-0.1, -0.05) is 12.1 Å². The summed E-state index contributed by atoms with van der Waals surface area (Å²) in [6.45, 7) is -0.0588. The zero-order valence-corrected chi connectivity index (χ0v) is 14.8. The lowest BCUT2D eigenvalue weighted by atomic mass is 10.2. The Hall–Kier alpha value is -2.67. The number of amides is 2. The second kappa shape index (κ2) is 7.48. The van der Waals surface area contributed by atoms with Crippen LogP contribution in [0.1, 0.15) is 0 Å². The highest BCUT2D eigenvalue weighted by atomic mass is 32.2. The first-order valence-corrected chi connectivity index (χ1v) is 8.65. The lowest BCUT2D eigenvalue weighted by Gasteiger charge is -2.28. The molecule has 0 bridgehead atoms. The van der Waals surface area contributed by atoms with Crippen LogP contribution < -0.4 is 19.7 Å². The number of anilines is 2. The van der Waals surface area contributed by atoms with Crippen LogP contribution in [0.5, 0.6) is 11.5 Å². The molecule has 0 saturated heterocycles. The maximum atomic E-state index is 12.5. The van der Waals surface area contributed by atoms with E-state index in [0.29, 0.717) is 22.9 Å². The highest BCUT2D eigenvalue weighted by Crippen LogP contribution is 2.35. The van der Waals surface area contributed by atoms with E-state index >= 15 is 0 Å². The lowest BCUT2D eigenvalue weighted by Crippen LogP contribution is -2.41. The van der Waals surface area contributed by atoms with Gasteiger partial charge in [-0.05, 0) is 24.3 Å². The summed E-state index contributed by atoms with van der Waals surface area (Å²) < 4.78 is 10.4. The number of methoxy groups -OCH3 is 2. The van der Waals surface area contributed by atoms with Gasteiger partial charge in [0, 0.05) is 11.0 Å². The summed E-state index contributed by atoms with van der Waals surface area (Å²) in [4.78, 5) is 27.2. The van der Waals surface area contributed by atoms with Gasteiger partial charge in [-0.15, -0.1) is 11.8 Å². The first-order chi connectivity index (χ1) is 12.1. The Kier molecular flexibility index (Phi) is 5.14. The minimum absolute atomic E-state index is 0.0588. The van der Waals surface area contributed by atoms with Crippen molar-refractivity contribution in [2.75, 3.05) is 36.7 Å². The van der Waals surface area contributed by atoms with Crippen molar-refractivity contribution in [3.05, 3.63) is 42.5 Å². The normalized spacial score (nSPS) is 13.2. The molecule has 1 heterocycles. The van der Waals surface area contributed by atoms with E-state index in [1.165, 1.54) is 23.8 Å². The van der Waals surface area contributed by atoms with Crippen LogP contribution in [0.15, 0.2) is 47.4 Å². The molecule has 0 saturated carbocycles. The fourth-order valence-electron chi connectivity index (χ4n) is 2.57. The van der Waals surface area contributed by atoms with E-state index in [2.05, 4.69) is 5.32 Å². The van der Waals surface area contributed by atoms with E-state index in [4.69, 9.17) is 9.47 Å². The quantitative estimate of drug-likeness (QED) is 0.890. The van der Waals surface area contributed by atoms with E-state index in [1.54, 1.807) is 25.3 Å². The largest absolute Gasteiger partial charge is 0.497 e. The molecule has 0 aliphatic carbocycles. The van der Waals surface area contributed by atoms with Gasteiger partial charge in [0.15, 0.2) is 0 Å². The van der Waals surface area contributed by atoms with Crippen molar-refractivity contribution in [3.8, 4) is 11.5 Å². The van der Waals surface area contributed by atoms with Gasteiger partial charge in [0.2, 0.25) is 11.8 Å². The Bertz CT molecular complexity index is 809. The van der Waals surface area contributed by atoms with Crippen molar-refractivity contribution < 1.29 is 19.1 Å². The standard InChI is InChI=1S/C18H18N2O4S/c1-23-12-7-8-15(24-2)13(9-12)19-17(21)10-20-14-5-3-4-6-16(14)25-11-18(20)22/h3-9H,10-11H2,1-2H3,(H,19,21). The first-order valence-electron chi connectivity index (χ1n) is 7.66. The first kappa shape index (κ1) is 17.2. The van der Waals surface area contributed by atoms with Crippen molar-refractivity contribution >= 4 is 35.0 Å². The number of carbonyl (C=O) groups excluding carboxylic acids is 2. The van der Waals surface area contributed by atoms with Gasteiger partial charge in [0.25, 0.3) is 0 Å². The Labute approximate surface area is 150 Å². The van der Waals surface area contributed by atoms with Gasteiger partial charge in [-0.25, -0.2) is 0 Å². The maximum Gasteiger partial charge on any atom is 0.244 e. The van der Waals surface area contributed by atoms with Crippen LogP contribution in [0.2, 0.25) is 0 Å². The number of carbonyl (C=O) groups is 2. The van der Waals surface area contributed by atoms with Crippen molar-refractivity contribution in [2.24, 2.45) is 0 Å². The van der Waals surface area contributed by atoms with Gasteiger partial charge >= 0.3 is 0 Å². The number of hydrogen-bond donors (Lipinski definition) is 1. The van der Waals surface area contributed by atoms with Crippen LogP contribution in [0.25, 0.3) is 0 Å². The molecule has 0 aromatic heterocycles. The highest BCUT2D eigenvalue weighted by Gasteiger charge is 2.26. The fourth-order valence-corrected chi connectivity index (χ4v) is 3.51. The number of ether oxygens (including phenoxy) is 2. The molecular formula is C18H18N2O4S. The number of fused-ring (bicyclic) bond motifs is 1.